The molecule has 0 radical (unpaired) electrons. The molecule has 1 aromatic heterocycles. The van der Waals surface area contributed by atoms with Crippen LogP contribution in [0.1, 0.15) is 22.8 Å². The van der Waals surface area contributed by atoms with Crippen molar-refractivity contribution in [1.82, 2.24) is 4.98 Å². The van der Waals surface area contributed by atoms with E-state index in [-0.39, 0.29) is 22.9 Å². The number of aryl methyl sites for hydroxylation is 1. The Hall–Kier alpha value is -3.71. The zero-order valence-electron chi connectivity index (χ0n) is 17.8. The van der Waals surface area contributed by atoms with E-state index >= 15 is 0 Å². The van der Waals surface area contributed by atoms with Crippen LogP contribution in [0.4, 0.5) is 11.4 Å². The summed E-state index contributed by atoms with van der Waals surface area (Å²) in [6.07, 6.45) is 1.71. The highest BCUT2D eigenvalue weighted by atomic mass is 32.2. The van der Waals surface area contributed by atoms with Crippen LogP contribution < -0.4 is 9.62 Å². The molecule has 0 aliphatic carbocycles. The number of benzene rings is 3. The first kappa shape index (κ1) is 21.5. The summed E-state index contributed by atoms with van der Waals surface area (Å²) in [4.78, 5) is 17.4. The van der Waals surface area contributed by atoms with Gasteiger partial charge in [0.25, 0.3) is 15.9 Å². The maximum Gasteiger partial charge on any atom is 0.264 e. The van der Waals surface area contributed by atoms with Crippen molar-refractivity contribution in [3.63, 3.8) is 0 Å². The summed E-state index contributed by atoms with van der Waals surface area (Å²) < 4.78 is 27.9. The number of aromatic nitrogens is 1. The van der Waals surface area contributed by atoms with Crippen molar-refractivity contribution in [2.24, 2.45) is 0 Å². The Morgan fingerprint density at radius 2 is 1.75 bits per heavy atom. The summed E-state index contributed by atoms with van der Waals surface area (Å²) in [5.74, 6) is -0.390. The lowest BCUT2D eigenvalue weighted by Gasteiger charge is -2.23. The SMILES string of the molecule is CCN(c1ccccc1)S(=O)(=O)c1cccc(C(=O)Nc2ccc(C)c3ncccc23)c1. The Morgan fingerprint density at radius 1 is 0.969 bits per heavy atom. The maximum absolute atomic E-state index is 13.3. The molecule has 3 aromatic carbocycles. The minimum absolute atomic E-state index is 0.0614. The predicted molar refractivity (Wildman–Crippen MR) is 128 cm³/mol. The van der Waals surface area contributed by atoms with Gasteiger partial charge in [-0.3, -0.25) is 14.1 Å². The van der Waals surface area contributed by atoms with Crippen molar-refractivity contribution in [2.45, 2.75) is 18.7 Å². The molecule has 0 unspecified atom stereocenters. The largest absolute Gasteiger partial charge is 0.321 e. The molecular weight excluding hydrogens is 422 g/mol. The number of fused-ring (bicyclic) bond motifs is 1. The average Bonchev–Trinajstić information content (AvgIpc) is 2.82. The minimum atomic E-state index is -3.83. The lowest BCUT2D eigenvalue weighted by atomic mass is 10.1. The highest BCUT2D eigenvalue weighted by molar-refractivity contribution is 7.92. The summed E-state index contributed by atoms with van der Waals surface area (Å²) in [5.41, 5.74) is 3.27. The summed E-state index contributed by atoms with van der Waals surface area (Å²) in [7, 11) is -3.83. The van der Waals surface area contributed by atoms with E-state index in [2.05, 4.69) is 10.3 Å². The van der Waals surface area contributed by atoms with E-state index in [0.717, 1.165) is 16.5 Å². The number of hydrogen-bond donors (Lipinski definition) is 1. The maximum atomic E-state index is 13.3. The number of nitrogens with one attached hydrogen (secondary N) is 1. The molecule has 1 heterocycles. The Morgan fingerprint density at radius 3 is 2.50 bits per heavy atom. The van der Waals surface area contributed by atoms with Crippen molar-refractivity contribution in [2.75, 3.05) is 16.2 Å². The normalized spacial score (nSPS) is 11.3. The first-order valence-corrected chi connectivity index (χ1v) is 11.7. The fourth-order valence-corrected chi connectivity index (χ4v) is 5.15. The van der Waals surface area contributed by atoms with E-state index in [1.807, 2.05) is 37.3 Å². The molecule has 0 spiro atoms. The molecule has 162 valence electrons. The highest BCUT2D eigenvalue weighted by Crippen LogP contribution is 2.26. The molecule has 0 aliphatic heterocycles. The second-order valence-electron chi connectivity index (χ2n) is 7.32. The molecule has 4 aromatic rings. The van der Waals surface area contributed by atoms with Crippen LogP contribution in [0.15, 0.2) is 90.0 Å². The molecular formula is C25H23N3O3S. The third-order valence-electron chi connectivity index (χ3n) is 5.24. The molecule has 1 amide bonds. The van der Waals surface area contributed by atoms with E-state index in [1.54, 1.807) is 49.5 Å². The molecule has 0 saturated heterocycles. The minimum Gasteiger partial charge on any atom is -0.321 e. The standard InChI is InChI=1S/C25H23N3O3S/c1-3-28(20-10-5-4-6-11-20)32(30,31)21-12-7-9-19(17-21)25(29)27-23-15-14-18(2)24-22(23)13-8-16-26-24/h4-17H,3H2,1-2H3,(H,27,29). The van der Waals surface area contributed by atoms with Gasteiger partial charge in [-0.15, -0.1) is 0 Å². The van der Waals surface area contributed by atoms with Crippen molar-refractivity contribution >= 4 is 38.2 Å². The lowest BCUT2D eigenvalue weighted by Crippen LogP contribution is -2.31. The van der Waals surface area contributed by atoms with Crippen LogP contribution in [0.5, 0.6) is 0 Å². The highest BCUT2D eigenvalue weighted by Gasteiger charge is 2.24. The van der Waals surface area contributed by atoms with E-state index in [9.17, 15) is 13.2 Å². The summed E-state index contributed by atoms with van der Waals surface area (Å²) in [6, 6.07) is 22.4. The first-order chi connectivity index (χ1) is 15.4. The molecule has 0 atom stereocenters. The van der Waals surface area contributed by atoms with Crippen LogP contribution in [0.25, 0.3) is 10.9 Å². The lowest BCUT2D eigenvalue weighted by molar-refractivity contribution is 0.102. The zero-order chi connectivity index (χ0) is 22.7. The van der Waals surface area contributed by atoms with Gasteiger partial charge >= 0.3 is 0 Å². The molecule has 6 nitrogen and oxygen atoms in total. The summed E-state index contributed by atoms with van der Waals surface area (Å²) in [5, 5.41) is 3.72. The Balaban J connectivity index is 1.66. The smallest absolute Gasteiger partial charge is 0.264 e. The number of rotatable bonds is 6. The number of para-hydroxylation sites is 1. The number of sulfonamides is 1. The molecule has 1 N–H and O–H groups in total. The number of pyridine rings is 1. The molecule has 7 heteroatoms. The fourth-order valence-electron chi connectivity index (χ4n) is 3.63. The average molecular weight is 446 g/mol. The molecule has 32 heavy (non-hydrogen) atoms. The van der Waals surface area contributed by atoms with Crippen LogP contribution in [0.2, 0.25) is 0 Å². The predicted octanol–water partition coefficient (Wildman–Crippen LogP) is 5.01. The van der Waals surface area contributed by atoms with Gasteiger partial charge < -0.3 is 5.32 Å². The zero-order valence-corrected chi connectivity index (χ0v) is 18.6. The Labute approximate surface area is 187 Å². The summed E-state index contributed by atoms with van der Waals surface area (Å²) in [6.45, 7) is 4.00. The quantitative estimate of drug-likeness (QED) is 0.452. The van der Waals surface area contributed by atoms with Gasteiger partial charge in [-0.1, -0.05) is 30.3 Å². The van der Waals surface area contributed by atoms with E-state index in [4.69, 9.17) is 0 Å². The molecule has 0 saturated carbocycles. The van der Waals surface area contributed by atoms with E-state index in [1.165, 1.54) is 16.4 Å². The van der Waals surface area contributed by atoms with Crippen LogP contribution in [-0.2, 0) is 10.0 Å². The van der Waals surface area contributed by atoms with Gasteiger partial charge in [-0.05, 0) is 67.9 Å². The van der Waals surface area contributed by atoms with E-state index in [0.29, 0.717) is 11.4 Å². The monoisotopic (exact) mass is 445 g/mol. The number of nitrogens with zero attached hydrogens (tertiary/aromatic N) is 2. The van der Waals surface area contributed by atoms with Crippen LogP contribution in [0.3, 0.4) is 0 Å². The number of carbonyl (C=O) groups excluding carboxylic acids is 1. The molecule has 4 rings (SSSR count). The van der Waals surface area contributed by atoms with Crippen LogP contribution in [0, 0.1) is 6.92 Å². The van der Waals surface area contributed by atoms with Gasteiger partial charge in [0.05, 0.1) is 21.8 Å². The van der Waals surface area contributed by atoms with Crippen LogP contribution >= 0.6 is 0 Å². The number of amides is 1. The van der Waals surface area contributed by atoms with Gasteiger partial charge in [0.1, 0.15) is 0 Å². The van der Waals surface area contributed by atoms with Crippen molar-refractivity contribution in [3.05, 3.63) is 96.2 Å². The Kier molecular flexibility index (Phi) is 5.92. The number of hydrogen-bond acceptors (Lipinski definition) is 4. The third kappa shape index (κ3) is 4.07. The molecule has 0 bridgehead atoms. The number of carbonyl (C=O) groups is 1. The number of anilines is 2. The summed E-state index contributed by atoms with van der Waals surface area (Å²) >= 11 is 0. The fraction of sp³-hybridized carbons (Fsp3) is 0.120. The second-order valence-corrected chi connectivity index (χ2v) is 9.18. The third-order valence-corrected chi connectivity index (χ3v) is 7.13. The van der Waals surface area contributed by atoms with Crippen molar-refractivity contribution in [3.8, 4) is 0 Å². The van der Waals surface area contributed by atoms with Gasteiger partial charge in [0.15, 0.2) is 0 Å². The van der Waals surface area contributed by atoms with Crippen molar-refractivity contribution < 1.29 is 13.2 Å². The molecule has 0 aliphatic rings. The van der Waals surface area contributed by atoms with Crippen molar-refractivity contribution in [1.29, 1.82) is 0 Å². The topological polar surface area (TPSA) is 79.4 Å². The molecule has 0 fully saturated rings. The van der Waals surface area contributed by atoms with Gasteiger partial charge in [0, 0.05) is 23.7 Å². The van der Waals surface area contributed by atoms with E-state index < -0.39 is 10.0 Å². The van der Waals surface area contributed by atoms with Gasteiger partial charge in [-0.2, -0.15) is 0 Å². The van der Waals surface area contributed by atoms with Crippen LogP contribution in [-0.4, -0.2) is 25.9 Å². The Bertz CT molecular complexity index is 1390. The second kappa shape index (κ2) is 8.80. The first-order valence-electron chi connectivity index (χ1n) is 10.3. The van der Waals surface area contributed by atoms with Gasteiger partial charge in [-0.25, -0.2) is 8.42 Å². The van der Waals surface area contributed by atoms with Gasteiger partial charge in [0.2, 0.25) is 0 Å².